The summed E-state index contributed by atoms with van der Waals surface area (Å²) in [5.74, 6) is -1.57. The molecule has 1 aromatic heterocycles. The SMILES string of the molecule is CC[C@H]1CN(c2ncc(C(=O)NCc3ccc(F)c(F)c3)cc2Cl)CCN1C1CCN(Cc2ccc(Cl)cc2)CC1.[HH]. The number of nitrogens with one attached hydrogen (secondary N) is 1. The van der Waals surface area contributed by atoms with Gasteiger partial charge in [0.05, 0.1) is 10.6 Å². The molecule has 3 aromatic rings. The van der Waals surface area contributed by atoms with Crippen LogP contribution in [0.15, 0.2) is 54.7 Å². The highest BCUT2D eigenvalue weighted by molar-refractivity contribution is 6.33. The summed E-state index contributed by atoms with van der Waals surface area (Å²) in [6.45, 7) is 7.99. The van der Waals surface area contributed by atoms with Crippen LogP contribution in [0.4, 0.5) is 14.6 Å². The van der Waals surface area contributed by atoms with Gasteiger partial charge >= 0.3 is 0 Å². The predicted octanol–water partition coefficient (Wildman–Crippen LogP) is 6.41. The number of benzene rings is 2. The van der Waals surface area contributed by atoms with Gasteiger partial charge in [0, 0.05) is 57.5 Å². The summed E-state index contributed by atoms with van der Waals surface area (Å²) in [6.07, 6.45) is 4.85. The van der Waals surface area contributed by atoms with E-state index in [0.29, 0.717) is 34.1 Å². The van der Waals surface area contributed by atoms with Crippen molar-refractivity contribution in [1.82, 2.24) is 20.1 Å². The zero-order chi connectivity index (χ0) is 28.9. The van der Waals surface area contributed by atoms with Gasteiger partial charge in [-0.3, -0.25) is 14.6 Å². The Kier molecular flexibility index (Phi) is 9.75. The van der Waals surface area contributed by atoms with Crippen LogP contribution >= 0.6 is 23.2 Å². The Morgan fingerprint density at radius 3 is 2.41 bits per heavy atom. The molecule has 220 valence electrons. The van der Waals surface area contributed by atoms with Crippen molar-refractivity contribution < 1.29 is 15.0 Å². The second kappa shape index (κ2) is 13.5. The lowest BCUT2D eigenvalue weighted by Gasteiger charge is -2.47. The first kappa shape index (κ1) is 29.7. The van der Waals surface area contributed by atoms with E-state index in [0.717, 1.165) is 75.7 Å². The van der Waals surface area contributed by atoms with Gasteiger partial charge in [0.1, 0.15) is 5.82 Å². The third kappa shape index (κ3) is 7.36. The van der Waals surface area contributed by atoms with E-state index in [2.05, 4.69) is 44.1 Å². The van der Waals surface area contributed by atoms with Gasteiger partial charge in [-0.25, -0.2) is 13.8 Å². The second-order valence-electron chi connectivity index (χ2n) is 10.8. The van der Waals surface area contributed by atoms with Crippen molar-refractivity contribution in [3.8, 4) is 0 Å². The van der Waals surface area contributed by atoms with Gasteiger partial charge in [-0.1, -0.05) is 48.3 Å². The minimum atomic E-state index is -0.948. The van der Waals surface area contributed by atoms with E-state index < -0.39 is 11.6 Å². The molecular weight excluding hydrogens is 567 g/mol. The molecule has 2 aliphatic heterocycles. The van der Waals surface area contributed by atoms with Gasteiger partial charge in [-0.05, 0) is 73.8 Å². The lowest BCUT2D eigenvalue weighted by Crippen LogP contribution is -2.58. The molecule has 10 heteroatoms. The first-order valence-corrected chi connectivity index (χ1v) is 14.9. The summed E-state index contributed by atoms with van der Waals surface area (Å²) in [5.41, 5.74) is 2.07. The number of nitrogens with zero attached hydrogens (tertiary/aromatic N) is 4. The zero-order valence-electron chi connectivity index (χ0n) is 23.1. The zero-order valence-corrected chi connectivity index (χ0v) is 24.6. The summed E-state index contributed by atoms with van der Waals surface area (Å²) < 4.78 is 26.6. The van der Waals surface area contributed by atoms with Crippen LogP contribution < -0.4 is 10.2 Å². The molecule has 1 N–H and O–H groups in total. The molecule has 0 spiro atoms. The molecule has 1 amide bonds. The summed E-state index contributed by atoms with van der Waals surface area (Å²) in [6, 6.07) is 14.2. The number of hydrogen-bond donors (Lipinski definition) is 1. The number of carbonyl (C=O) groups excluding carboxylic acids is 1. The van der Waals surface area contributed by atoms with Crippen molar-refractivity contribution in [3.05, 3.63) is 93.1 Å². The fourth-order valence-electron chi connectivity index (χ4n) is 5.88. The summed E-state index contributed by atoms with van der Waals surface area (Å²) in [4.78, 5) is 24.6. The third-order valence-corrected chi connectivity index (χ3v) is 8.70. The maximum absolute atomic E-state index is 13.5. The molecule has 6 nitrogen and oxygen atoms in total. The molecule has 2 aliphatic rings. The van der Waals surface area contributed by atoms with Gasteiger partial charge in [0.2, 0.25) is 0 Å². The number of rotatable bonds is 8. The third-order valence-electron chi connectivity index (χ3n) is 8.17. The number of likely N-dealkylation sites (tertiary alicyclic amines) is 1. The number of carbonyl (C=O) groups is 1. The average molecular weight is 605 g/mol. The van der Waals surface area contributed by atoms with Gasteiger partial charge < -0.3 is 10.2 Å². The minimum absolute atomic E-state index is 0. The van der Waals surface area contributed by atoms with E-state index in [1.54, 1.807) is 6.07 Å². The summed E-state index contributed by atoms with van der Waals surface area (Å²) >= 11 is 12.7. The van der Waals surface area contributed by atoms with Crippen LogP contribution in [-0.4, -0.2) is 65.5 Å². The van der Waals surface area contributed by atoms with E-state index >= 15 is 0 Å². The Morgan fingerprint density at radius 1 is 1.00 bits per heavy atom. The molecular formula is C31H37Cl2F2N5O. The lowest BCUT2D eigenvalue weighted by molar-refractivity contribution is 0.0610. The van der Waals surface area contributed by atoms with Crippen LogP contribution in [0.5, 0.6) is 0 Å². The fraction of sp³-hybridized carbons (Fsp3) is 0.419. The number of amides is 1. The molecule has 0 radical (unpaired) electrons. The van der Waals surface area contributed by atoms with Crippen molar-refractivity contribution in [2.75, 3.05) is 37.6 Å². The molecule has 1 atom stereocenters. The Balaban J connectivity index is 0.00000405. The number of halogens is 4. The lowest BCUT2D eigenvalue weighted by atomic mass is 9.98. The van der Waals surface area contributed by atoms with Crippen molar-refractivity contribution in [2.45, 2.75) is 51.4 Å². The van der Waals surface area contributed by atoms with E-state index in [9.17, 15) is 13.6 Å². The van der Waals surface area contributed by atoms with Crippen LogP contribution in [0, 0.1) is 11.6 Å². The van der Waals surface area contributed by atoms with Crippen molar-refractivity contribution in [2.24, 2.45) is 0 Å². The van der Waals surface area contributed by atoms with Gasteiger partial charge in [-0.15, -0.1) is 0 Å². The molecule has 0 aliphatic carbocycles. The first-order chi connectivity index (χ1) is 19.8. The molecule has 0 bridgehead atoms. The summed E-state index contributed by atoms with van der Waals surface area (Å²) in [5, 5.41) is 3.90. The van der Waals surface area contributed by atoms with Gasteiger partial charge in [0.25, 0.3) is 5.91 Å². The van der Waals surface area contributed by atoms with Crippen molar-refractivity contribution in [1.29, 1.82) is 0 Å². The highest BCUT2D eigenvalue weighted by atomic mass is 35.5. The highest BCUT2D eigenvalue weighted by Gasteiger charge is 2.34. The maximum atomic E-state index is 13.5. The molecule has 2 fully saturated rings. The monoisotopic (exact) mass is 603 g/mol. The fourth-order valence-corrected chi connectivity index (χ4v) is 6.30. The molecule has 0 saturated carbocycles. The quantitative estimate of drug-likeness (QED) is 0.322. The number of anilines is 1. The van der Waals surface area contributed by atoms with Crippen LogP contribution in [0.1, 0.15) is 49.1 Å². The molecule has 2 saturated heterocycles. The molecule has 3 heterocycles. The number of aromatic nitrogens is 1. The van der Waals surface area contributed by atoms with Crippen molar-refractivity contribution >= 4 is 34.9 Å². The number of piperidine rings is 1. The van der Waals surface area contributed by atoms with Crippen LogP contribution in [-0.2, 0) is 13.1 Å². The van der Waals surface area contributed by atoms with Crippen LogP contribution in [0.3, 0.4) is 0 Å². The first-order valence-electron chi connectivity index (χ1n) is 14.2. The van der Waals surface area contributed by atoms with E-state index in [-0.39, 0.29) is 13.9 Å². The van der Waals surface area contributed by atoms with Crippen LogP contribution in [0.2, 0.25) is 10.0 Å². The minimum Gasteiger partial charge on any atom is -0.353 e. The molecule has 5 rings (SSSR count). The van der Waals surface area contributed by atoms with Crippen LogP contribution in [0.25, 0.3) is 0 Å². The van der Waals surface area contributed by atoms with Gasteiger partial charge in [0.15, 0.2) is 11.6 Å². The normalized spacial score (nSPS) is 19.0. The molecule has 41 heavy (non-hydrogen) atoms. The number of hydrogen-bond acceptors (Lipinski definition) is 5. The Morgan fingerprint density at radius 2 is 1.73 bits per heavy atom. The van der Waals surface area contributed by atoms with E-state index in [1.165, 1.54) is 17.8 Å². The highest BCUT2D eigenvalue weighted by Crippen LogP contribution is 2.30. The Labute approximate surface area is 251 Å². The van der Waals surface area contributed by atoms with Crippen molar-refractivity contribution in [3.63, 3.8) is 0 Å². The van der Waals surface area contributed by atoms with E-state index in [4.69, 9.17) is 23.2 Å². The Hall–Kier alpha value is -2.78. The second-order valence-corrected chi connectivity index (χ2v) is 11.7. The van der Waals surface area contributed by atoms with E-state index in [1.807, 2.05) is 12.1 Å². The molecule has 0 unspecified atom stereocenters. The topological polar surface area (TPSA) is 51.7 Å². The number of pyridine rings is 1. The number of piperazine rings is 1. The van der Waals surface area contributed by atoms with Gasteiger partial charge in [-0.2, -0.15) is 0 Å². The predicted molar refractivity (Wildman–Crippen MR) is 162 cm³/mol. The summed E-state index contributed by atoms with van der Waals surface area (Å²) in [7, 11) is 0. The molecule has 2 aromatic carbocycles. The standard InChI is InChI=1S/C31H35Cl2F2N5O.H2/c1-2-25-20-39(13-14-40(25)26-9-11-38(12-10-26)19-21-3-6-24(32)7-4-21)30-27(33)16-23(18-36-30)31(41)37-17-22-5-8-28(34)29(35)15-22;/h3-8,15-16,18,25-26H,2,9-14,17,19-20H2,1H3,(H,37,41);1H/t25-;/m0./s1. The Bertz CT molecular complexity index is 1360. The average Bonchev–Trinajstić information content (AvgIpc) is 2.99. The maximum Gasteiger partial charge on any atom is 0.253 e. The smallest absolute Gasteiger partial charge is 0.253 e. The largest absolute Gasteiger partial charge is 0.353 e.